The number of rotatable bonds is 4. The van der Waals surface area contributed by atoms with Crippen LogP contribution in [0.1, 0.15) is 4.88 Å². The molecule has 0 bridgehead atoms. The Kier molecular flexibility index (Phi) is 3.20. The van der Waals surface area contributed by atoms with Crippen molar-refractivity contribution in [1.82, 2.24) is 9.78 Å². The van der Waals surface area contributed by atoms with E-state index in [0.717, 1.165) is 28.5 Å². The van der Waals surface area contributed by atoms with Gasteiger partial charge in [0.2, 0.25) is 0 Å². The molecule has 0 atom stereocenters. The highest BCUT2D eigenvalue weighted by atomic mass is 32.1. The van der Waals surface area contributed by atoms with E-state index >= 15 is 0 Å². The van der Waals surface area contributed by atoms with Crippen LogP contribution in [-0.4, -0.2) is 9.78 Å². The van der Waals surface area contributed by atoms with Crippen LogP contribution in [-0.2, 0) is 6.54 Å². The van der Waals surface area contributed by atoms with Gasteiger partial charge in [-0.15, -0.1) is 11.3 Å². The Morgan fingerprint density at radius 3 is 2.68 bits per heavy atom. The second-order valence-corrected chi connectivity index (χ2v) is 5.15. The molecule has 0 aliphatic rings. The zero-order valence-electron chi connectivity index (χ0n) is 10.3. The van der Waals surface area contributed by atoms with Gasteiger partial charge in [0.05, 0.1) is 12.2 Å². The lowest BCUT2D eigenvalue weighted by Crippen LogP contribution is -2.00. The standard InChI is InChI=1S/C14H14N4S/c15-13-6-9-19-14(13)10-16-11-2-4-12(5-3-11)18-8-1-7-17-18/h1-9,16H,10,15H2. The van der Waals surface area contributed by atoms with E-state index in [1.54, 1.807) is 17.5 Å². The number of thiophene rings is 1. The fraction of sp³-hybridized carbons (Fsp3) is 0.0714. The summed E-state index contributed by atoms with van der Waals surface area (Å²) in [5.74, 6) is 0. The van der Waals surface area contributed by atoms with Gasteiger partial charge in [-0.3, -0.25) is 0 Å². The van der Waals surface area contributed by atoms with Gasteiger partial charge in [0, 0.05) is 28.6 Å². The average molecular weight is 270 g/mol. The minimum atomic E-state index is 0.755. The Balaban J connectivity index is 1.68. The number of nitrogens with one attached hydrogen (secondary N) is 1. The van der Waals surface area contributed by atoms with E-state index in [4.69, 9.17) is 5.73 Å². The van der Waals surface area contributed by atoms with Gasteiger partial charge in [-0.1, -0.05) is 0 Å². The maximum Gasteiger partial charge on any atom is 0.0647 e. The summed E-state index contributed by atoms with van der Waals surface area (Å²) >= 11 is 1.67. The van der Waals surface area contributed by atoms with Crippen molar-refractivity contribution in [3.63, 3.8) is 0 Å². The highest BCUT2D eigenvalue weighted by Gasteiger charge is 2.01. The first-order valence-corrected chi connectivity index (χ1v) is 6.87. The molecule has 1 aromatic carbocycles. The van der Waals surface area contributed by atoms with E-state index in [2.05, 4.69) is 10.4 Å². The normalized spacial score (nSPS) is 10.5. The molecular weight excluding hydrogens is 256 g/mol. The number of aromatic nitrogens is 2. The number of anilines is 2. The Labute approximate surface area is 115 Å². The topological polar surface area (TPSA) is 55.9 Å². The maximum absolute atomic E-state index is 5.85. The fourth-order valence-electron chi connectivity index (χ4n) is 1.83. The van der Waals surface area contributed by atoms with Gasteiger partial charge in [0.15, 0.2) is 0 Å². The number of nitrogens with two attached hydrogens (primary N) is 1. The molecule has 0 spiro atoms. The first-order chi connectivity index (χ1) is 9.33. The molecule has 4 nitrogen and oxygen atoms in total. The third-order valence-corrected chi connectivity index (χ3v) is 3.81. The van der Waals surface area contributed by atoms with Gasteiger partial charge >= 0.3 is 0 Å². The van der Waals surface area contributed by atoms with Crippen molar-refractivity contribution in [3.8, 4) is 5.69 Å². The number of benzene rings is 1. The summed E-state index contributed by atoms with van der Waals surface area (Å²) in [5.41, 5.74) is 8.82. The summed E-state index contributed by atoms with van der Waals surface area (Å²) in [6.07, 6.45) is 3.69. The summed E-state index contributed by atoms with van der Waals surface area (Å²) < 4.78 is 1.83. The second kappa shape index (κ2) is 5.16. The van der Waals surface area contributed by atoms with Crippen LogP contribution < -0.4 is 11.1 Å². The van der Waals surface area contributed by atoms with Crippen molar-refractivity contribution >= 4 is 22.7 Å². The van der Waals surface area contributed by atoms with Gasteiger partial charge in [0.25, 0.3) is 0 Å². The molecule has 19 heavy (non-hydrogen) atoms. The lowest BCUT2D eigenvalue weighted by Gasteiger charge is -2.07. The first-order valence-electron chi connectivity index (χ1n) is 5.99. The minimum Gasteiger partial charge on any atom is -0.398 e. The Morgan fingerprint density at radius 1 is 1.21 bits per heavy atom. The second-order valence-electron chi connectivity index (χ2n) is 4.15. The van der Waals surface area contributed by atoms with Crippen LogP contribution in [0.2, 0.25) is 0 Å². The molecular formula is C14H14N4S. The van der Waals surface area contributed by atoms with Crippen LogP contribution in [0.15, 0.2) is 54.2 Å². The molecule has 0 aliphatic carbocycles. The van der Waals surface area contributed by atoms with Crippen LogP contribution in [0.5, 0.6) is 0 Å². The molecule has 0 fully saturated rings. The van der Waals surface area contributed by atoms with E-state index in [1.807, 2.05) is 52.7 Å². The summed E-state index contributed by atoms with van der Waals surface area (Å²) in [4.78, 5) is 1.16. The molecule has 3 N–H and O–H groups in total. The highest BCUT2D eigenvalue weighted by Crippen LogP contribution is 2.20. The Bertz CT molecular complexity index is 640. The van der Waals surface area contributed by atoms with Gasteiger partial charge in [-0.2, -0.15) is 5.10 Å². The lowest BCUT2D eigenvalue weighted by molar-refractivity contribution is 0.880. The van der Waals surface area contributed by atoms with E-state index in [0.29, 0.717) is 0 Å². The van der Waals surface area contributed by atoms with Gasteiger partial charge in [-0.05, 0) is 41.8 Å². The molecule has 0 unspecified atom stereocenters. The van der Waals surface area contributed by atoms with Crippen molar-refractivity contribution in [2.24, 2.45) is 0 Å². The summed E-state index contributed by atoms with van der Waals surface area (Å²) in [5, 5.41) is 9.56. The maximum atomic E-state index is 5.85. The van der Waals surface area contributed by atoms with Gasteiger partial charge < -0.3 is 11.1 Å². The van der Waals surface area contributed by atoms with Crippen LogP contribution in [0, 0.1) is 0 Å². The predicted molar refractivity (Wildman–Crippen MR) is 79.6 cm³/mol. The molecule has 96 valence electrons. The van der Waals surface area contributed by atoms with Crippen LogP contribution in [0.3, 0.4) is 0 Å². The molecule has 0 aliphatic heterocycles. The van der Waals surface area contributed by atoms with Gasteiger partial charge in [0.1, 0.15) is 0 Å². The van der Waals surface area contributed by atoms with E-state index < -0.39 is 0 Å². The molecule has 2 heterocycles. The zero-order valence-corrected chi connectivity index (χ0v) is 11.1. The fourth-order valence-corrected chi connectivity index (χ4v) is 2.57. The summed E-state index contributed by atoms with van der Waals surface area (Å²) in [6.45, 7) is 0.755. The van der Waals surface area contributed by atoms with Crippen molar-refractivity contribution in [3.05, 3.63) is 59.0 Å². The van der Waals surface area contributed by atoms with Gasteiger partial charge in [-0.25, -0.2) is 4.68 Å². The number of hydrogen-bond acceptors (Lipinski definition) is 4. The van der Waals surface area contributed by atoms with Crippen molar-refractivity contribution in [1.29, 1.82) is 0 Å². The number of nitrogens with zero attached hydrogens (tertiary/aromatic N) is 2. The van der Waals surface area contributed by atoms with Crippen molar-refractivity contribution in [2.75, 3.05) is 11.1 Å². The zero-order chi connectivity index (χ0) is 13.1. The van der Waals surface area contributed by atoms with Crippen molar-refractivity contribution < 1.29 is 0 Å². The minimum absolute atomic E-state index is 0.755. The first kappa shape index (κ1) is 11.8. The third kappa shape index (κ3) is 2.61. The Hall–Kier alpha value is -2.27. The molecule has 3 aromatic rings. The predicted octanol–water partition coefficient (Wildman–Crippen LogP) is 3.13. The summed E-state index contributed by atoms with van der Waals surface area (Å²) in [7, 11) is 0. The van der Waals surface area contributed by atoms with E-state index in [9.17, 15) is 0 Å². The number of hydrogen-bond donors (Lipinski definition) is 2. The molecule has 5 heteroatoms. The highest BCUT2D eigenvalue weighted by molar-refractivity contribution is 7.10. The smallest absolute Gasteiger partial charge is 0.0647 e. The lowest BCUT2D eigenvalue weighted by atomic mass is 10.2. The average Bonchev–Trinajstić information content (AvgIpc) is 3.09. The molecule has 0 saturated heterocycles. The summed E-state index contributed by atoms with van der Waals surface area (Å²) in [6, 6.07) is 12.0. The largest absolute Gasteiger partial charge is 0.398 e. The molecule has 2 aromatic heterocycles. The van der Waals surface area contributed by atoms with E-state index in [1.165, 1.54) is 0 Å². The third-order valence-electron chi connectivity index (χ3n) is 2.87. The van der Waals surface area contributed by atoms with Crippen LogP contribution in [0.25, 0.3) is 5.69 Å². The van der Waals surface area contributed by atoms with Crippen LogP contribution in [0.4, 0.5) is 11.4 Å². The molecule has 0 amide bonds. The molecule has 0 radical (unpaired) electrons. The number of nitrogen functional groups attached to an aromatic ring is 1. The molecule has 3 rings (SSSR count). The Morgan fingerprint density at radius 2 is 2.05 bits per heavy atom. The van der Waals surface area contributed by atoms with Crippen LogP contribution >= 0.6 is 11.3 Å². The van der Waals surface area contributed by atoms with E-state index in [-0.39, 0.29) is 0 Å². The quantitative estimate of drug-likeness (QED) is 0.766. The van der Waals surface area contributed by atoms with Crippen molar-refractivity contribution in [2.45, 2.75) is 6.54 Å². The SMILES string of the molecule is Nc1ccsc1CNc1ccc(-n2cccn2)cc1. The molecule has 0 saturated carbocycles. The monoisotopic (exact) mass is 270 g/mol.